The summed E-state index contributed by atoms with van der Waals surface area (Å²) >= 11 is 7.65. The van der Waals surface area contributed by atoms with E-state index in [0.29, 0.717) is 0 Å². The van der Waals surface area contributed by atoms with Crippen LogP contribution in [0.2, 0.25) is 4.34 Å². The Morgan fingerprint density at radius 3 is 3.09 bits per heavy atom. The zero-order chi connectivity index (χ0) is 15.4. The molecule has 22 heavy (non-hydrogen) atoms. The summed E-state index contributed by atoms with van der Waals surface area (Å²) in [5, 5.41) is 8.05. The zero-order valence-corrected chi connectivity index (χ0v) is 14.1. The van der Waals surface area contributed by atoms with Crippen molar-refractivity contribution in [1.82, 2.24) is 15.1 Å². The van der Waals surface area contributed by atoms with Crippen LogP contribution in [-0.4, -0.2) is 54.5 Å². The highest BCUT2D eigenvalue weighted by atomic mass is 35.5. The summed E-state index contributed by atoms with van der Waals surface area (Å²) < 4.78 is 6.74. The number of ether oxygens (including phenoxy) is 1. The van der Waals surface area contributed by atoms with Crippen LogP contribution in [0.3, 0.4) is 0 Å². The second-order valence-corrected chi connectivity index (χ2v) is 7.20. The van der Waals surface area contributed by atoms with E-state index in [2.05, 4.69) is 26.1 Å². The molecule has 3 rings (SSSR count). The van der Waals surface area contributed by atoms with Gasteiger partial charge in [0.05, 0.1) is 17.0 Å². The maximum Gasteiger partial charge on any atom is 0.151 e. The second-order valence-electron chi connectivity index (χ2n) is 5.40. The van der Waals surface area contributed by atoms with Gasteiger partial charge in [-0.05, 0) is 24.3 Å². The van der Waals surface area contributed by atoms with Gasteiger partial charge >= 0.3 is 0 Å². The van der Waals surface area contributed by atoms with E-state index < -0.39 is 0 Å². The van der Waals surface area contributed by atoms with Gasteiger partial charge in [-0.3, -0.25) is 4.90 Å². The highest BCUT2D eigenvalue weighted by Crippen LogP contribution is 2.23. The SMILES string of the molecule is CN(C[C@H]1CN(Cc2ccc(Cl)s2)CCO1)c1cccnn1. The molecule has 7 heteroatoms. The topological polar surface area (TPSA) is 41.5 Å². The van der Waals surface area contributed by atoms with Gasteiger partial charge in [-0.2, -0.15) is 5.10 Å². The summed E-state index contributed by atoms with van der Waals surface area (Å²) in [5.41, 5.74) is 0. The van der Waals surface area contributed by atoms with Gasteiger partial charge in [-0.15, -0.1) is 16.4 Å². The van der Waals surface area contributed by atoms with Gasteiger partial charge < -0.3 is 9.64 Å². The molecule has 0 spiro atoms. The molecule has 2 aromatic rings. The lowest BCUT2D eigenvalue weighted by Crippen LogP contribution is -2.46. The van der Waals surface area contributed by atoms with Crippen LogP contribution in [0.25, 0.3) is 0 Å². The van der Waals surface area contributed by atoms with Gasteiger partial charge in [-0.25, -0.2) is 0 Å². The van der Waals surface area contributed by atoms with Crippen molar-refractivity contribution >= 4 is 28.8 Å². The third kappa shape index (κ3) is 4.16. The van der Waals surface area contributed by atoms with Gasteiger partial charge in [0.1, 0.15) is 0 Å². The Labute approximate surface area is 139 Å². The Kier molecular flexibility index (Phi) is 5.25. The standard InChI is InChI=1S/C15H19ClN4OS/c1-19(15-3-2-6-17-18-15)9-12-10-20(7-8-21-12)11-13-4-5-14(16)22-13/h2-6,12H,7-11H2,1H3/t12-/m0/s1. The lowest BCUT2D eigenvalue weighted by atomic mass is 10.2. The molecule has 0 aromatic carbocycles. The molecule has 1 atom stereocenters. The largest absolute Gasteiger partial charge is 0.374 e. The predicted octanol–water partition coefficient (Wildman–Crippen LogP) is 2.53. The van der Waals surface area contributed by atoms with Crippen molar-refractivity contribution in [1.29, 1.82) is 0 Å². The number of hydrogen-bond acceptors (Lipinski definition) is 6. The monoisotopic (exact) mass is 338 g/mol. The van der Waals surface area contributed by atoms with Crippen LogP contribution >= 0.6 is 22.9 Å². The highest BCUT2D eigenvalue weighted by Gasteiger charge is 2.22. The number of morpholine rings is 1. The Balaban J connectivity index is 1.54. The summed E-state index contributed by atoms with van der Waals surface area (Å²) in [6, 6.07) is 7.92. The van der Waals surface area contributed by atoms with E-state index in [1.165, 1.54) is 4.88 Å². The molecule has 1 aliphatic heterocycles. The summed E-state index contributed by atoms with van der Waals surface area (Å²) in [6.07, 6.45) is 1.86. The lowest BCUT2D eigenvalue weighted by molar-refractivity contribution is -0.0261. The third-order valence-corrected chi connectivity index (χ3v) is 4.87. The van der Waals surface area contributed by atoms with Gasteiger partial charge in [0.25, 0.3) is 0 Å². The minimum absolute atomic E-state index is 0.177. The van der Waals surface area contributed by atoms with Gasteiger partial charge in [0.2, 0.25) is 0 Å². The minimum atomic E-state index is 0.177. The van der Waals surface area contributed by atoms with Crippen molar-refractivity contribution in [2.24, 2.45) is 0 Å². The fourth-order valence-corrected chi connectivity index (χ4v) is 3.72. The number of aromatic nitrogens is 2. The lowest BCUT2D eigenvalue weighted by Gasteiger charge is -2.34. The first kappa shape index (κ1) is 15.7. The molecule has 0 unspecified atom stereocenters. The van der Waals surface area contributed by atoms with Crippen LogP contribution in [0.15, 0.2) is 30.5 Å². The molecule has 0 bridgehead atoms. The third-order valence-electron chi connectivity index (χ3n) is 3.66. The molecule has 3 heterocycles. The van der Waals surface area contributed by atoms with E-state index in [1.807, 2.05) is 25.2 Å². The highest BCUT2D eigenvalue weighted by molar-refractivity contribution is 7.16. The van der Waals surface area contributed by atoms with Gasteiger partial charge in [-0.1, -0.05) is 11.6 Å². The van der Waals surface area contributed by atoms with Crippen LogP contribution in [0.4, 0.5) is 5.82 Å². The molecule has 118 valence electrons. The molecular formula is C15H19ClN4OS. The van der Waals surface area contributed by atoms with Crippen LogP contribution in [0.1, 0.15) is 4.88 Å². The van der Waals surface area contributed by atoms with E-state index in [1.54, 1.807) is 17.5 Å². The van der Waals surface area contributed by atoms with Gasteiger partial charge in [0.15, 0.2) is 5.82 Å². The number of halogens is 1. The summed E-state index contributed by atoms with van der Waals surface area (Å²) in [4.78, 5) is 5.80. The van der Waals surface area contributed by atoms with E-state index in [0.717, 1.165) is 42.9 Å². The van der Waals surface area contributed by atoms with Crippen LogP contribution in [0.5, 0.6) is 0 Å². The van der Waals surface area contributed by atoms with Crippen molar-refractivity contribution in [3.63, 3.8) is 0 Å². The number of thiophene rings is 1. The van der Waals surface area contributed by atoms with Crippen LogP contribution in [0, 0.1) is 0 Å². The van der Waals surface area contributed by atoms with E-state index >= 15 is 0 Å². The van der Waals surface area contributed by atoms with Crippen molar-refractivity contribution < 1.29 is 4.74 Å². The van der Waals surface area contributed by atoms with Gasteiger partial charge in [0, 0.05) is 44.3 Å². The molecule has 0 radical (unpaired) electrons. The average Bonchev–Trinajstić information content (AvgIpc) is 2.93. The Morgan fingerprint density at radius 2 is 2.36 bits per heavy atom. The van der Waals surface area contributed by atoms with Crippen LogP contribution in [-0.2, 0) is 11.3 Å². The van der Waals surface area contributed by atoms with E-state index in [4.69, 9.17) is 16.3 Å². The summed E-state index contributed by atoms with van der Waals surface area (Å²) in [6.45, 7) is 4.38. The van der Waals surface area contributed by atoms with E-state index in [-0.39, 0.29) is 6.10 Å². The first-order valence-electron chi connectivity index (χ1n) is 7.28. The first-order valence-corrected chi connectivity index (χ1v) is 8.47. The molecule has 0 saturated carbocycles. The second kappa shape index (κ2) is 7.37. The molecule has 1 aliphatic rings. The summed E-state index contributed by atoms with van der Waals surface area (Å²) in [7, 11) is 2.02. The Morgan fingerprint density at radius 1 is 1.45 bits per heavy atom. The molecule has 0 amide bonds. The summed E-state index contributed by atoms with van der Waals surface area (Å²) in [5.74, 6) is 0.869. The maximum atomic E-state index is 6.00. The molecular weight excluding hydrogens is 320 g/mol. The minimum Gasteiger partial charge on any atom is -0.374 e. The number of likely N-dealkylation sites (N-methyl/N-ethyl adjacent to an activating group) is 1. The fourth-order valence-electron chi connectivity index (χ4n) is 2.59. The smallest absolute Gasteiger partial charge is 0.151 e. The predicted molar refractivity (Wildman–Crippen MR) is 89.6 cm³/mol. The molecule has 2 aromatic heterocycles. The molecule has 0 aliphatic carbocycles. The molecule has 1 fully saturated rings. The normalized spacial score (nSPS) is 19.3. The zero-order valence-electron chi connectivity index (χ0n) is 12.5. The quantitative estimate of drug-likeness (QED) is 0.838. The Bertz CT molecular complexity index is 594. The number of anilines is 1. The van der Waals surface area contributed by atoms with Crippen LogP contribution < -0.4 is 4.90 Å². The van der Waals surface area contributed by atoms with Crippen molar-refractivity contribution in [3.05, 3.63) is 39.7 Å². The molecule has 0 N–H and O–H groups in total. The number of hydrogen-bond donors (Lipinski definition) is 0. The fraction of sp³-hybridized carbons (Fsp3) is 0.467. The van der Waals surface area contributed by atoms with E-state index in [9.17, 15) is 0 Å². The Hall–Kier alpha value is -1.21. The maximum absolute atomic E-state index is 6.00. The first-order chi connectivity index (χ1) is 10.7. The molecule has 1 saturated heterocycles. The average molecular weight is 339 g/mol. The van der Waals surface area contributed by atoms with Crippen molar-refractivity contribution in [2.75, 3.05) is 38.2 Å². The van der Waals surface area contributed by atoms with Crippen molar-refractivity contribution in [2.45, 2.75) is 12.6 Å². The van der Waals surface area contributed by atoms with Crippen molar-refractivity contribution in [3.8, 4) is 0 Å². The number of rotatable bonds is 5. The number of nitrogens with zero attached hydrogens (tertiary/aromatic N) is 4. The molecule has 5 nitrogen and oxygen atoms in total.